The number of hydrogen-bond acceptors (Lipinski definition) is 3. The predicted molar refractivity (Wildman–Crippen MR) is 107 cm³/mol. The van der Waals surface area contributed by atoms with Crippen LogP contribution in [-0.2, 0) is 9.53 Å². The van der Waals surface area contributed by atoms with Crippen LogP contribution >= 0.6 is 0 Å². The van der Waals surface area contributed by atoms with Gasteiger partial charge in [-0.25, -0.2) is 0 Å². The zero-order valence-electron chi connectivity index (χ0n) is 17.6. The Bertz CT molecular complexity index is 419. The Balaban J connectivity index is 2.01. The Morgan fingerprint density at radius 3 is 2.12 bits per heavy atom. The fraction of sp³-hybridized carbons (Fsp3) is 0.957. The van der Waals surface area contributed by atoms with Gasteiger partial charge in [-0.3, -0.25) is 4.79 Å². The summed E-state index contributed by atoms with van der Waals surface area (Å²) in [6.45, 7) is 8.84. The minimum atomic E-state index is -0.409. The molecule has 1 N–H and O–H groups in total. The zero-order valence-corrected chi connectivity index (χ0v) is 17.6. The topological polar surface area (TPSA) is 46.5 Å². The lowest BCUT2D eigenvalue weighted by atomic mass is 9.64. The second-order valence-corrected chi connectivity index (χ2v) is 9.47. The van der Waals surface area contributed by atoms with Crippen LogP contribution in [-0.4, -0.2) is 23.8 Å². The SMILES string of the molecule is CCC(C)C(O)C(C)(COC(=O)C(C)C1CCCCC1)C1CCCCC1. The second kappa shape index (κ2) is 10.1. The van der Waals surface area contributed by atoms with Crippen molar-refractivity contribution in [1.29, 1.82) is 0 Å². The van der Waals surface area contributed by atoms with Crippen molar-refractivity contribution >= 4 is 5.97 Å². The highest BCUT2D eigenvalue weighted by atomic mass is 16.5. The summed E-state index contributed by atoms with van der Waals surface area (Å²) in [7, 11) is 0. The van der Waals surface area contributed by atoms with Gasteiger partial charge in [-0.05, 0) is 43.4 Å². The number of esters is 1. The number of ether oxygens (including phenoxy) is 1. The van der Waals surface area contributed by atoms with Gasteiger partial charge in [0.05, 0.1) is 18.6 Å². The second-order valence-electron chi connectivity index (χ2n) is 9.47. The summed E-state index contributed by atoms with van der Waals surface area (Å²) in [5.74, 6) is 1.12. The molecule has 2 aliphatic carbocycles. The molecular formula is C23H42O3. The Morgan fingerprint density at radius 1 is 1.04 bits per heavy atom. The molecule has 2 fully saturated rings. The summed E-state index contributed by atoms with van der Waals surface area (Å²) in [4.78, 5) is 12.7. The molecule has 2 aliphatic rings. The maximum atomic E-state index is 12.7. The summed E-state index contributed by atoms with van der Waals surface area (Å²) >= 11 is 0. The fourth-order valence-corrected chi connectivity index (χ4v) is 5.26. The highest BCUT2D eigenvalue weighted by Gasteiger charge is 2.44. The molecule has 0 aromatic rings. The standard InChI is InChI=1S/C23H42O3/c1-5-17(2)21(24)23(4,20-14-10-7-11-15-20)16-26-22(25)18(3)19-12-8-6-9-13-19/h17-21,24H,5-16H2,1-4H3. The molecule has 0 bridgehead atoms. The van der Waals surface area contributed by atoms with Crippen molar-refractivity contribution in [1.82, 2.24) is 0 Å². The van der Waals surface area contributed by atoms with Crippen molar-refractivity contribution in [2.24, 2.45) is 29.1 Å². The lowest BCUT2D eigenvalue weighted by Crippen LogP contribution is -2.47. The van der Waals surface area contributed by atoms with E-state index in [0.29, 0.717) is 18.4 Å². The lowest BCUT2D eigenvalue weighted by molar-refractivity contribution is -0.162. The molecule has 4 atom stereocenters. The maximum Gasteiger partial charge on any atom is 0.308 e. The summed E-state index contributed by atoms with van der Waals surface area (Å²) < 4.78 is 5.89. The van der Waals surface area contributed by atoms with Gasteiger partial charge in [-0.15, -0.1) is 0 Å². The summed E-state index contributed by atoms with van der Waals surface area (Å²) in [6.07, 6.45) is 12.7. The van der Waals surface area contributed by atoms with Crippen LogP contribution in [0.2, 0.25) is 0 Å². The highest BCUT2D eigenvalue weighted by Crippen LogP contribution is 2.44. The molecule has 152 valence electrons. The van der Waals surface area contributed by atoms with E-state index in [2.05, 4.69) is 20.8 Å². The van der Waals surface area contributed by atoms with Crippen molar-refractivity contribution < 1.29 is 14.6 Å². The van der Waals surface area contributed by atoms with Crippen LogP contribution < -0.4 is 0 Å². The third-order valence-electron chi connectivity index (χ3n) is 7.65. The highest BCUT2D eigenvalue weighted by molar-refractivity contribution is 5.72. The van der Waals surface area contributed by atoms with Crippen LogP contribution in [0.25, 0.3) is 0 Å². The van der Waals surface area contributed by atoms with Gasteiger partial charge in [0.25, 0.3) is 0 Å². The van der Waals surface area contributed by atoms with Gasteiger partial charge in [0.2, 0.25) is 0 Å². The van der Waals surface area contributed by atoms with Crippen LogP contribution in [0.15, 0.2) is 0 Å². The molecule has 3 heteroatoms. The zero-order chi connectivity index (χ0) is 19.2. The molecule has 0 saturated heterocycles. The molecule has 3 nitrogen and oxygen atoms in total. The van der Waals surface area contributed by atoms with E-state index < -0.39 is 6.10 Å². The van der Waals surface area contributed by atoms with Gasteiger partial charge in [-0.2, -0.15) is 0 Å². The molecule has 4 unspecified atom stereocenters. The number of rotatable bonds is 8. The molecule has 2 rings (SSSR count). The Kier molecular flexibility index (Phi) is 8.44. The lowest BCUT2D eigenvalue weighted by Gasteiger charge is -2.45. The Hall–Kier alpha value is -0.570. The average Bonchev–Trinajstić information content (AvgIpc) is 2.71. The van der Waals surface area contributed by atoms with Crippen LogP contribution in [0, 0.1) is 29.1 Å². The number of carbonyl (C=O) groups excluding carboxylic acids is 1. The molecule has 0 aliphatic heterocycles. The Labute approximate surface area is 161 Å². The molecule has 0 aromatic heterocycles. The van der Waals surface area contributed by atoms with Crippen LogP contribution in [0.3, 0.4) is 0 Å². The predicted octanol–water partition coefficient (Wildman–Crippen LogP) is 5.74. The molecule has 26 heavy (non-hydrogen) atoms. The molecule has 0 heterocycles. The van der Waals surface area contributed by atoms with Crippen LogP contribution in [0.1, 0.15) is 98.3 Å². The van der Waals surface area contributed by atoms with Crippen molar-refractivity contribution in [3.63, 3.8) is 0 Å². The first kappa shape index (κ1) is 21.7. The third kappa shape index (κ3) is 5.24. The van der Waals surface area contributed by atoms with E-state index in [1.807, 2.05) is 6.92 Å². The van der Waals surface area contributed by atoms with Gasteiger partial charge in [0, 0.05) is 5.41 Å². The van der Waals surface area contributed by atoms with Crippen molar-refractivity contribution in [3.8, 4) is 0 Å². The molecule has 0 spiro atoms. The van der Waals surface area contributed by atoms with E-state index in [9.17, 15) is 9.90 Å². The third-order valence-corrected chi connectivity index (χ3v) is 7.65. The quantitative estimate of drug-likeness (QED) is 0.557. The summed E-state index contributed by atoms with van der Waals surface area (Å²) in [6, 6.07) is 0. The summed E-state index contributed by atoms with van der Waals surface area (Å²) in [5.41, 5.74) is -0.322. The monoisotopic (exact) mass is 366 g/mol. The first-order valence-corrected chi connectivity index (χ1v) is 11.2. The largest absolute Gasteiger partial charge is 0.465 e. The van der Waals surface area contributed by atoms with Crippen molar-refractivity contribution in [3.05, 3.63) is 0 Å². The van der Waals surface area contributed by atoms with E-state index >= 15 is 0 Å². The van der Waals surface area contributed by atoms with Gasteiger partial charge in [0.15, 0.2) is 0 Å². The molecule has 0 aromatic carbocycles. The van der Waals surface area contributed by atoms with Crippen LogP contribution in [0.5, 0.6) is 0 Å². The first-order valence-electron chi connectivity index (χ1n) is 11.2. The number of aliphatic hydroxyl groups is 1. The van der Waals surface area contributed by atoms with Crippen molar-refractivity contribution in [2.45, 2.75) is 104 Å². The van der Waals surface area contributed by atoms with E-state index in [0.717, 1.165) is 32.1 Å². The molecular weight excluding hydrogens is 324 g/mol. The normalized spacial score (nSPS) is 25.9. The maximum absolute atomic E-state index is 12.7. The van der Waals surface area contributed by atoms with Gasteiger partial charge >= 0.3 is 5.97 Å². The van der Waals surface area contributed by atoms with E-state index in [4.69, 9.17) is 4.74 Å². The number of hydrogen-bond donors (Lipinski definition) is 1. The number of carbonyl (C=O) groups is 1. The van der Waals surface area contributed by atoms with Crippen molar-refractivity contribution in [2.75, 3.05) is 6.61 Å². The minimum Gasteiger partial charge on any atom is -0.465 e. The fourth-order valence-electron chi connectivity index (χ4n) is 5.26. The van der Waals surface area contributed by atoms with E-state index in [1.54, 1.807) is 0 Å². The molecule has 0 amide bonds. The smallest absolute Gasteiger partial charge is 0.308 e. The Morgan fingerprint density at radius 2 is 1.58 bits per heavy atom. The van der Waals surface area contributed by atoms with Gasteiger partial charge < -0.3 is 9.84 Å². The molecule has 2 saturated carbocycles. The molecule has 0 radical (unpaired) electrons. The first-order chi connectivity index (χ1) is 12.4. The number of aliphatic hydroxyl groups excluding tert-OH is 1. The average molecular weight is 367 g/mol. The van der Waals surface area contributed by atoms with Gasteiger partial charge in [0.1, 0.15) is 0 Å². The van der Waals surface area contributed by atoms with Crippen LogP contribution in [0.4, 0.5) is 0 Å². The summed E-state index contributed by atoms with van der Waals surface area (Å²) in [5, 5.41) is 11.1. The van der Waals surface area contributed by atoms with E-state index in [1.165, 1.54) is 38.5 Å². The van der Waals surface area contributed by atoms with Gasteiger partial charge in [-0.1, -0.05) is 72.6 Å². The minimum absolute atomic E-state index is 0.00773. The van der Waals surface area contributed by atoms with E-state index in [-0.39, 0.29) is 23.2 Å².